The Labute approximate surface area is 180 Å². The third kappa shape index (κ3) is 6.03. The van der Waals surface area contributed by atoms with Crippen molar-refractivity contribution in [1.82, 2.24) is 4.90 Å². The molecule has 1 heterocycles. The average Bonchev–Trinajstić information content (AvgIpc) is 2.72. The summed E-state index contributed by atoms with van der Waals surface area (Å²) in [6.07, 6.45) is -5.12. The topological polar surface area (TPSA) is 44.8 Å². The number of para-hydroxylation sites is 3. The van der Waals surface area contributed by atoms with Crippen LogP contribution in [0.5, 0.6) is 5.75 Å². The number of rotatable bonds is 6. The first-order valence-electron chi connectivity index (χ1n) is 9.42. The van der Waals surface area contributed by atoms with Crippen LogP contribution in [-0.2, 0) is 4.79 Å². The van der Waals surface area contributed by atoms with Gasteiger partial charge in [0, 0.05) is 31.9 Å². The van der Waals surface area contributed by atoms with Crippen LogP contribution >= 0.6 is 12.4 Å². The van der Waals surface area contributed by atoms with Crippen LogP contribution in [-0.4, -0.2) is 56.3 Å². The number of alkyl halides is 3. The first-order chi connectivity index (χ1) is 13.9. The van der Waals surface area contributed by atoms with E-state index < -0.39 is 24.5 Å². The van der Waals surface area contributed by atoms with Crippen molar-refractivity contribution in [3.63, 3.8) is 0 Å². The number of nitrogens with zero attached hydrogens (tertiary/aromatic N) is 2. The number of methoxy groups -OCH3 is 1. The molecule has 0 bridgehead atoms. The van der Waals surface area contributed by atoms with Crippen molar-refractivity contribution in [2.75, 3.05) is 43.5 Å². The molecule has 1 atom stereocenters. The molecule has 1 fully saturated rings. The maximum absolute atomic E-state index is 13.7. The van der Waals surface area contributed by atoms with Crippen LogP contribution in [0.15, 0.2) is 54.6 Å². The standard InChI is InChI=1S/C21H24F3N3O2.ClH/c1-29-18-10-6-5-9-17(18)26-11-13-27(14-12-26)19(21(22,23)24)15-20(28)25-16-7-3-2-4-8-16;/h2-10,19H,11-15H2,1H3,(H,25,28);1H. The van der Waals surface area contributed by atoms with Gasteiger partial charge in [-0.1, -0.05) is 30.3 Å². The summed E-state index contributed by atoms with van der Waals surface area (Å²) in [5.74, 6) is 0.0428. The molecule has 1 aliphatic rings. The number of hydrogen-bond donors (Lipinski definition) is 1. The fourth-order valence-corrected chi connectivity index (χ4v) is 3.53. The number of carbonyl (C=O) groups is 1. The molecule has 9 heteroatoms. The minimum atomic E-state index is -4.49. The molecule has 30 heavy (non-hydrogen) atoms. The maximum atomic E-state index is 13.7. The van der Waals surface area contributed by atoms with Gasteiger partial charge in [0.25, 0.3) is 0 Å². The Bertz CT molecular complexity index is 813. The van der Waals surface area contributed by atoms with Crippen LogP contribution in [0.3, 0.4) is 0 Å². The average molecular weight is 444 g/mol. The molecule has 1 saturated heterocycles. The first kappa shape index (κ1) is 23.8. The highest BCUT2D eigenvalue weighted by Gasteiger charge is 2.45. The van der Waals surface area contributed by atoms with Crippen LogP contribution in [0.2, 0.25) is 0 Å². The lowest BCUT2D eigenvalue weighted by molar-refractivity contribution is -0.187. The smallest absolute Gasteiger partial charge is 0.404 e. The van der Waals surface area contributed by atoms with Gasteiger partial charge in [0.1, 0.15) is 11.8 Å². The van der Waals surface area contributed by atoms with E-state index in [4.69, 9.17) is 4.74 Å². The molecule has 1 N–H and O–H groups in total. The highest BCUT2D eigenvalue weighted by Crippen LogP contribution is 2.32. The van der Waals surface area contributed by atoms with Gasteiger partial charge in [-0.25, -0.2) is 0 Å². The minimum absolute atomic E-state index is 0. The fourth-order valence-electron chi connectivity index (χ4n) is 3.53. The molecule has 3 rings (SSSR count). The second kappa shape index (κ2) is 10.5. The summed E-state index contributed by atoms with van der Waals surface area (Å²) in [4.78, 5) is 15.6. The van der Waals surface area contributed by atoms with Crippen LogP contribution in [0.4, 0.5) is 24.5 Å². The zero-order chi connectivity index (χ0) is 20.9. The zero-order valence-corrected chi connectivity index (χ0v) is 17.4. The number of nitrogens with one attached hydrogen (secondary N) is 1. The van der Waals surface area contributed by atoms with Gasteiger partial charge in [-0.15, -0.1) is 12.4 Å². The number of benzene rings is 2. The van der Waals surface area contributed by atoms with E-state index in [9.17, 15) is 18.0 Å². The van der Waals surface area contributed by atoms with E-state index >= 15 is 0 Å². The van der Waals surface area contributed by atoms with Crippen molar-refractivity contribution in [2.45, 2.75) is 18.6 Å². The van der Waals surface area contributed by atoms with Crippen molar-refractivity contribution in [3.8, 4) is 5.75 Å². The molecule has 2 aromatic rings. The number of ether oxygens (including phenoxy) is 1. The van der Waals surface area contributed by atoms with Gasteiger partial charge >= 0.3 is 6.18 Å². The molecule has 5 nitrogen and oxygen atoms in total. The maximum Gasteiger partial charge on any atom is 0.404 e. The SMILES string of the molecule is COc1ccccc1N1CCN(C(CC(=O)Nc2ccccc2)C(F)(F)F)CC1.Cl. The molecule has 1 aliphatic heterocycles. The number of carbonyl (C=O) groups excluding carboxylic acids is 1. The Kier molecular flexibility index (Phi) is 8.37. The van der Waals surface area contributed by atoms with Gasteiger partial charge in [0.15, 0.2) is 0 Å². The molecular formula is C21H25ClF3N3O2. The summed E-state index contributed by atoms with van der Waals surface area (Å²) < 4.78 is 46.4. The Morgan fingerprint density at radius 2 is 1.63 bits per heavy atom. The van der Waals surface area contributed by atoms with Crippen molar-refractivity contribution in [2.24, 2.45) is 0 Å². The van der Waals surface area contributed by atoms with Gasteiger partial charge in [-0.2, -0.15) is 13.2 Å². The van der Waals surface area contributed by atoms with E-state index in [1.807, 2.05) is 29.2 Å². The Morgan fingerprint density at radius 3 is 2.23 bits per heavy atom. The molecule has 0 saturated carbocycles. The normalized spacial score (nSPS) is 15.8. The summed E-state index contributed by atoms with van der Waals surface area (Å²) >= 11 is 0. The van der Waals surface area contributed by atoms with E-state index in [2.05, 4.69) is 5.32 Å². The number of halogens is 4. The lowest BCUT2D eigenvalue weighted by Gasteiger charge is -2.40. The van der Waals surface area contributed by atoms with Crippen LogP contribution in [0, 0.1) is 0 Å². The van der Waals surface area contributed by atoms with E-state index in [1.54, 1.807) is 37.4 Å². The van der Waals surface area contributed by atoms with Crippen molar-refractivity contribution in [3.05, 3.63) is 54.6 Å². The first-order valence-corrected chi connectivity index (χ1v) is 9.42. The van der Waals surface area contributed by atoms with Crippen molar-refractivity contribution < 1.29 is 22.7 Å². The summed E-state index contributed by atoms with van der Waals surface area (Å²) in [7, 11) is 1.57. The lowest BCUT2D eigenvalue weighted by atomic mass is 10.1. The van der Waals surface area contributed by atoms with Gasteiger partial charge < -0.3 is 15.0 Å². The molecule has 2 aromatic carbocycles. The molecule has 0 radical (unpaired) electrons. The molecular weight excluding hydrogens is 419 g/mol. The third-order valence-corrected chi connectivity index (χ3v) is 5.00. The highest BCUT2D eigenvalue weighted by molar-refractivity contribution is 5.91. The van der Waals surface area contributed by atoms with Crippen LogP contribution in [0.1, 0.15) is 6.42 Å². The van der Waals surface area contributed by atoms with E-state index in [0.29, 0.717) is 24.5 Å². The van der Waals surface area contributed by atoms with Crippen molar-refractivity contribution >= 4 is 29.7 Å². The quantitative estimate of drug-likeness (QED) is 0.726. The summed E-state index contributed by atoms with van der Waals surface area (Å²) in [5.41, 5.74) is 1.35. The molecule has 0 aromatic heterocycles. The molecule has 1 unspecified atom stereocenters. The summed E-state index contributed by atoms with van der Waals surface area (Å²) in [5, 5.41) is 2.54. The van der Waals surface area contributed by atoms with E-state index in [-0.39, 0.29) is 25.5 Å². The predicted octanol–water partition coefficient (Wildman–Crippen LogP) is 4.20. The van der Waals surface area contributed by atoms with Gasteiger partial charge in [-0.3, -0.25) is 9.69 Å². The Morgan fingerprint density at radius 1 is 1.03 bits per heavy atom. The Hall–Kier alpha value is -2.45. The Balaban J connectivity index is 0.00000320. The summed E-state index contributed by atoms with van der Waals surface area (Å²) in [6, 6.07) is 14.1. The highest BCUT2D eigenvalue weighted by atomic mass is 35.5. The minimum Gasteiger partial charge on any atom is -0.495 e. The van der Waals surface area contributed by atoms with Crippen LogP contribution in [0.25, 0.3) is 0 Å². The monoisotopic (exact) mass is 443 g/mol. The predicted molar refractivity (Wildman–Crippen MR) is 114 cm³/mol. The van der Waals surface area contributed by atoms with Crippen LogP contribution < -0.4 is 15.0 Å². The second-order valence-electron chi connectivity index (χ2n) is 6.87. The second-order valence-corrected chi connectivity index (χ2v) is 6.87. The van der Waals surface area contributed by atoms with E-state index in [0.717, 1.165) is 5.69 Å². The zero-order valence-electron chi connectivity index (χ0n) is 16.6. The third-order valence-electron chi connectivity index (χ3n) is 5.00. The number of anilines is 2. The van der Waals surface area contributed by atoms with Crippen molar-refractivity contribution in [1.29, 1.82) is 0 Å². The molecule has 1 amide bonds. The molecule has 164 valence electrons. The van der Waals surface area contributed by atoms with E-state index in [1.165, 1.54) is 4.90 Å². The largest absolute Gasteiger partial charge is 0.495 e. The van der Waals surface area contributed by atoms with Gasteiger partial charge in [0.05, 0.1) is 19.2 Å². The molecule has 0 aliphatic carbocycles. The van der Waals surface area contributed by atoms with Gasteiger partial charge in [-0.05, 0) is 24.3 Å². The summed E-state index contributed by atoms with van der Waals surface area (Å²) in [6.45, 7) is 1.27. The van der Waals surface area contributed by atoms with Gasteiger partial charge in [0.2, 0.25) is 5.91 Å². The lowest BCUT2D eigenvalue weighted by Crippen LogP contribution is -2.55. The molecule has 0 spiro atoms. The fraction of sp³-hybridized carbons (Fsp3) is 0.381. The number of piperazine rings is 1. The number of amides is 1. The number of hydrogen-bond acceptors (Lipinski definition) is 4.